The van der Waals surface area contributed by atoms with Crippen LogP contribution in [0, 0.1) is 0 Å². The van der Waals surface area contributed by atoms with Crippen molar-refractivity contribution in [3.8, 4) is 5.75 Å². The van der Waals surface area contributed by atoms with Crippen LogP contribution in [0.2, 0.25) is 0 Å². The van der Waals surface area contributed by atoms with Crippen LogP contribution in [0.15, 0.2) is 59.7 Å². The fourth-order valence-corrected chi connectivity index (χ4v) is 3.07. The van der Waals surface area contributed by atoms with Crippen LogP contribution in [0.3, 0.4) is 0 Å². The van der Waals surface area contributed by atoms with E-state index in [2.05, 4.69) is 11.9 Å². The van der Waals surface area contributed by atoms with Gasteiger partial charge in [0.15, 0.2) is 5.76 Å². The molecule has 28 heavy (non-hydrogen) atoms. The summed E-state index contributed by atoms with van der Waals surface area (Å²) in [4.78, 5) is 26.8. The van der Waals surface area contributed by atoms with Crippen LogP contribution >= 0.6 is 11.8 Å². The third-order valence-corrected chi connectivity index (χ3v) is 4.69. The van der Waals surface area contributed by atoms with Crippen LogP contribution in [0.4, 0.5) is 0 Å². The molecule has 2 amide bonds. The van der Waals surface area contributed by atoms with Crippen LogP contribution in [0.5, 0.6) is 5.75 Å². The number of hydrogen-bond donors (Lipinski definition) is 1. The number of furan rings is 1. The molecule has 1 unspecified atom stereocenters. The highest BCUT2D eigenvalue weighted by molar-refractivity contribution is 7.98. The van der Waals surface area contributed by atoms with Crippen molar-refractivity contribution in [2.45, 2.75) is 19.0 Å². The van der Waals surface area contributed by atoms with Crippen molar-refractivity contribution in [3.63, 3.8) is 0 Å². The third kappa shape index (κ3) is 6.49. The summed E-state index contributed by atoms with van der Waals surface area (Å²) < 4.78 is 10.6. The summed E-state index contributed by atoms with van der Waals surface area (Å²) in [7, 11) is 1.73. The summed E-state index contributed by atoms with van der Waals surface area (Å²) in [6.07, 6.45) is 5.63. The predicted octanol–water partition coefficient (Wildman–Crippen LogP) is 3.35. The van der Waals surface area contributed by atoms with Gasteiger partial charge in [-0.2, -0.15) is 11.8 Å². The zero-order valence-corrected chi connectivity index (χ0v) is 17.0. The largest absolute Gasteiger partial charge is 0.490 e. The van der Waals surface area contributed by atoms with Gasteiger partial charge in [-0.15, -0.1) is 0 Å². The highest BCUT2D eigenvalue weighted by Crippen LogP contribution is 2.14. The molecule has 1 N–H and O–H groups in total. The van der Waals surface area contributed by atoms with E-state index in [0.717, 1.165) is 17.1 Å². The molecule has 7 heteroatoms. The minimum absolute atomic E-state index is 0.138. The van der Waals surface area contributed by atoms with Crippen molar-refractivity contribution < 1.29 is 18.7 Å². The van der Waals surface area contributed by atoms with E-state index in [1.165, 1.54) is 6.26 Å². The number of nitrogens with one attached hydrogen (secondary N) is 1. The van der Waals surface area contributed by atoms with Gasteiger partial charge in [-0.25, -0.2) is 0 Å². The van der Waals surface area contributed by atoms with Gasteiger partial charge in [0.25, 0.3) is 5.91 Å². The quantitative estimate of drug-likeness (QED) is 0.584. The Morgan fingerprint density at radius 1 is 1.32 bits per heavy atom. The van der Waals surface area contributed by atoms with Crippen LogP contribution < -0.4 is 10.1 Å². The summed E-state index contributed by atoms with van der Waals surface area (Å²) in [5.41, 5.74) is 0.975. The highest BCUT2D eigenvalue weighted by Gasteiger charge is 2.25. The zero-order chi connectivity index (χ0) is 20.4. The SMILES string of the molecule is C=CCOc1ccc(CN(C)C(=O)C(CCSC)NC(=O)c2ccco2)cc1. The average molecular weight is 403 g/mol. The molecule has 0 radical (unpaired) electrons. The zero-order valence-electron chi connectivity index (χ0n) is 16.2. The maximum Gasteiger partial charge on any atom is 0.287 e. The molecule has 6 nitrogen and oxygen atoms in total. The van der Waals surface area contributed by atoms with Gasteiger partial charge in [0.2, 0.25) is 5.91 Å². The number of rotatable bonds is 11. The Kier molecular flexibility index (Phi) is 8.68. The highest BCUT2D eigenvalue weighted by atomic mass is 32.2. The first kappa shape index (κ1) is 21.6. The first-order valence-corrected chi connectivity index (χ1v) is 10.4. The van der Waals surface area contributed by atoms with E-state index in [9.17, 15) is 9.59 Å². The van der Waals surface area contributed by atoms with Gasteiger partial charge in [-0.1, -0.05) is 24.8 Å². The maximum absolute atomic E-state index is 12.9. The maximum atomic E-state index is 12.9. The molecule has 1 atom stereocenters. The second-order valence-corrected chi connectivity index (χ2v) is 7.21. The Hall–Kier alpha value is -2.67. The molecule has 150 valence electrons. The first-order chi connectivity index (χ1) is 13.5. The van der Waals surface area contributed by atoms with Gasteiger partial charge >= 0.3 is 0 Å². The predicted molar refractivity (Wildman–Crippen MR) is 112 cm³/mol. The van der Waals surface area contributed by atoms with Crippen molar-refractivity contribution in [3.05, 3.63) is 66.6 Å². The second-order valence-electron chi connectivity index (χ2n) is 6.22. The standard InChI is InChI=1S/C21H26N2O4S/c1-4-12-26-17-9-7-16(8-10-17)15-23(2)21(25)18(11-14-28-3)22-20(24)19-6-5-13-27-19/h4-10,13,18H,1,11-12,14-15H2,2-3H3,(H,22,24). The molecule has 1 heterocycles. The van der Waals surface area contributed by atoms with E-state index in [1.54, 1.807) is 41.9 Å². The molecule has 0 aliphatic heterocycles. The minimum atomic E-state index is -0.606. The average Bonchev–Trinajstić information content (AvgIpc) is 3.25. The van der Waals surface area contributed by atoms with E-state index >= 15 is 0 Å². The number of carbonyl (C=O) groups is 2. The van der Waals surface area contributed by atoms with Gasteiger partial charge in [0.05, 0.1) is 6.26 Å². The number of thioether (sulfide) groups is 1. The Labute approximate surface area is 169 Å². The van der Waals surface area contributed by atoms with Crippen molar-refractivity contribution in [1.29, 1.82) is 0 Å². The third-order valence-electron chi connectivity index (χ3n) is 4.05. The van der Waals surface area contributed by atoms with E-state index in [1.807, 2.05) is 30.5 Å². The lowest BCUT2D eigenvalue weighted by Crippen LogP contribution is -2.47. The molecule has 0 aliphatic rings. The molecule has 0 saturated carbocycles. The molecule has 2 rings (SSSR count). The van der Waals surface area contributed by atoms with Crippen LogP contribution in [-0.2, 0) is 11.3 Å². The van der Waals surface area contributed by atoms with Gasteiger partial charge < -0.3 is 19.4 Å². The molecule has 2 aromatic rings. The minimum Gasteiger partial charge on any atom is -0.490 e. The van der Waals surface area contributed by atoms with E-state index < -0.39 is 6.04 Å². The lowest BCUT2D eigenvalue weighted by molar-refractivity contribution is -0.132. The first-order valence-electron chi connectivity index (χ1n) is 8.96. The summed E-state index contributed by atoms with van der Waals surface area (Å²) in [6, 6.07) is 10.2. The van der Waals surface area contributed by atoms with Crippen molar-refractivity contribution >= 4 is 23.6 Å². The van der Waals surface area contributed by atoms with Crippen molar-refractivity contribution in [1.82, 2.24) is 10.2 Å². The molecule has 0 aliphatic carbocycles. The van der Waals surface area contributed by atoms with Crippen molar-refractivity contribution in [2.24, 2.45) is 0 Å². The molecule has 1 aromatic heterocycles. The van der Waals surface area contributed by atoms with Crippen LogP contribution in [0.1, 0.15) is 22.5 Å². The molecular formula is C21H26N2O4S. The molecule has 1 aromatic carbocycles. The van der Waals surface area contributed by atoms with Gasteiger partial charge in [-0.3, -0.25) is 9.59 Å². The topological polar surface area (TPSA) is 71.8 Å². The lowest BCUT2D eigenvalue weighted by Gasteiger charge is -2.24. The molecular weight excluding hydrogens is 376 g/mol. The van der Waals surface area contributed by atoms with Crippen molar-refractivity contribution in [2.75, 3.05) is 25.7 Å². The molecule has 0 fully saturated rings. The Morgan fingerprint density at radius 3 is 2.68 bits per heavy atom. The number of likely N-dealkylation sites (N-methyl/N-ethyl adjacent to an activating group) is 1. The number of ether oxygens (including phenoxy) is 1. The summed E-state index contributed by atoms with van der Waals surface area (Å²) >= 11 is 1.63. The molecule has 0 spiro atoms. The van der Waals surface area contributed by atoms with Gasteiger partial charge in [-0.05, 0) is 48.3 Å². The Balaban J connectivity index is 1.99. The van der Waals surface area contributed by atoms with E-state index in [4.69, 9.17) is 9.15 Å². The number of nitrogens with zero attached hydrogens (tertiary/aromatic N) is 1. The van der Waals surface area contributed by atoms with Gasteiger partial charge in [0.1, 0.15) is 18.4 Å². The molecule has 0 saturated heterocycles. The fraction of sp³-hybridized carbons (Fsp3) is 0.333. The smallest absolute Gasteiger partial charge is 0.287 e. The number of amides is 2. The lowest BCUT2D eigenvalue weighted by atomic mass is 10.1. The van der Waals surface area contributed by atoms with Crippen LogP contribution in [0.25, 0.3) is 0 Å². The summed E-state index contributed by atoms with van der Waals surface area (Å²) in [5.74, 6) is 1.18. The Bertz CT molecular complexity index is 759. The number of hydrogen-bond acceptors (Lipinski definition) is 5. The molecule has 0 bridgehead atoms. The monoisotopic (exact) mass is 402 g/mol. The Morgan fingerprint density at radius 2 is 2.07 bits per heavy atom. The van der Waals surface area contributed by atoms with E-state index in [-0.39, 0.29) is 17.6 Å². The normalized spacial score (nSPS) is 11.5. The summed E-state index contributed by atoms with van der Waals surface area (Å²) in [6.45, 7) is 4.51. The van der Waals surface area contributed by atoms with Crippen LogP contribution in [-0.4, -0.2) is 48.4 Å². The van der Waals surface area contributed by atoms with Gasteiger partial charge in [0, 0.05) is 13.6 Å². The van der Waals surface area contributed by atoms with E-state index in [0.29, 0.717) is 19.6 Å². The number of benzene rings is 1. The second kappa shape index (κ2) is 11.2. The fourth-order valence-electron chi connectivity index (χ4n) is 2.59. The number of carbonyl (C=O) groups excluding carboxylic acids is 2. The summed E-state index contributed by atoms with van der Waals surface area (Å²) in [5, 5.41) is 2.79.